The van der Waals surface area contributed by atoms with E-state index in [1.54, 1.807) is 0 Å². The van der Waals surface area contributed by atoms with Crippen LogP contribution in [0.2, 0.25) is 0 Å². The van der Waals surface area contributed by atoms with Gasteiger partial charge in [-0.2, -0.15) is 13.2 Å². The number of hydrogen-bond donors (Lipinski definition) is 2. The van der Waals surface area contributed by atoms with E-state index in [1.165, 1.54) is 6.07 Å². The van der Waals surface area contributed by atoms with E-state index in [-0.39, 0.29) is 6.04 Å². The van der Waals surface area contributed by atoms with E-state index in [4.69, 9.17) is 0 Å². The van der Waals surface area contributed by atoms with Crippen LogP contribution in [0.1, 0.15) is 5.56 Å². The number of halogens is 3. The van der Waals surface area contributed by atoms with E-state index >= 15 is 0 Å². The molecule has 0 unspecified atom stereocenters. The summed E-state index contributed by atoms with van der Waals surface area (Å²) in [6.45, 7) is 1.64. The van der Waals surface area contributed by atoms with Crippen LogP contribution in [0, 0.1) is 0 Å². The average molecular weight is 217 g/mol. The van der Waals surface area contributed by atoms with Gasteiger partial charge < -0.3 is 10.6 Å². The summed E-state index contributed by atoms with van der Waals surface area (Å²) in [6.07, 6.45) is -3.47. The van der Waals surface area contributed by atoms with Crippen LogP contribution in [0.15, 0.2) is 18.3 Å². The molecule has 1 aromatic heterocycles. The molecule has 1 saturated heterocycles. The number of alkyl halides is 3. The van der Waals surface area contributed by atoms with Crippen molar-refractivity contribution in [3.05, 3.63) is 23.9 Å². The zero-order valence-corrected chi connectivity index (χ0v) is 7.80. The molecular weight excluding hydrogens is 207 g/mol. The number of nitrogens with zero attached hydrogens (tertiary/aromatic N) is 1. The Hall–Kier alpha value is -1.30. The minimum Gasteiger partial charge on any atom is -0.365 e. The third-order valence-electron chi connectivity index (χ3n) is 2.22. The molecule has 0 amide bonds. The summed E-state index contributed by atoms with van der Waals surface area (Å²) in [4.78, 5) is 3.71. The van der Waals surface area contributed by atoms with Crippen LogP contribution in [0.4, 0.5) is 19.0 Å². The Bertz CT molecular complexity index is 329. The standard InChI is InChI=1S/C9H10F3N3/c10-9(11,12)6-1-2-8(14-3-6)15-7-4-13-5-7/h1-3,7,13H,4-5H2,(H,14,15). The summed E-state index contributed by atoms with van der Waals surface area (Å²) < 4.78 is 36.6. The summed E-state index contributed by atoms with van der Waals surface area (Å²) in [5.74, 6) is 0.481. The lowest BCUT2D eigenvalue weighted by atomic mass is 10.2. The number of hydrogen-bond acceptors (Lipinski definition) is 3. The second-order valence-corrected chi connectivity index (χ2v) is 3.43. The maximum absolute atomic E-state index is 12.2. The normalized spacial score (nSPS) is 17.3. The van der Waals surface area contributed by atoms with Gasteiger partial charge in [-0.15, -0.1) is 0 Å². The van der Waals surface area contributed by atoms with Crippen molar-refractivity contribution in [1.29, 1.82) is 0 Å². The van der Waals surface area contributed by atoms with Crippen LogP contribution in [0.25, 0.3) is 0 Å². The smallest absolute Gasteiger partial charge is 0.365 e. The predicted octanol–water partition coefficient (Wildman–Crippen LogP) is 1.48. The fourth-order valence-electron chi connectivity index (χ4n) is 1.25. The van der Waals surface area contributed by atoms with Crippen molar-refractivity contribution < 1.29 is 13.2 Å². The van der Waals surface area contributed by atoms with Crippen LogP contribution in [0.5, 0.6) is 0 Å². The van der Waals surface area contributed by atoms with Gasteiger partial charge in [0, 0.05) is 19.3 Å². The summed E-state index contributed by atoms with van der Waals surface area (Å²) >= 11 is 0. The summed E-state index contributed by atoms with van der Waals surface area (Å²) in [7, 11) is 0. The fourth-order valence-corrected chi connectivity index (χ4v) is 1.25. The highest BCUT2D eigenvalue weighted by Gasteiger charge is 2.30. The molecule has 2 N–H and O–H groups in total. The zero-order chi connectivity index (χ0) is 10.9. The molecule has 2 rings (SSSR count). The highest BCUT2D eigenvalue weighted by atomic mass is 19.4. The lowest BCUT2D eigenvalue weighted by molar-refractivity contribution is -0.137. The highest BCUT2D eigenvalue weighted by molar-refractivity contribution is 5.38. The minimum atomic E-state index is -4.32. The van der Waals surface area contributed by atoms with Crippen molar-refractivity contribution in [1.82, 2.24) is 10.3 Å². The summed E-state index contributed by atoms with van der Waals surface area (Å²) in [5, 5.41) is 6.06. The molecule has 0 atom stereocenters. The van der Waals surface area contributed by atoms with E-state index < -0.39 is 11.7 Å². The van der Waals surface area contributed by atoms with Gasteiger partial charge in [0.25, 0.3) is 0 Å². The molecule has 15 heavy (non-hydrogen) atoms. The van der Waals surface area contributed by atoms with Crippen LogP contribution in [-0.4, -0.2) is 24.1 Å². The van der Waals surface area contributed by atoms with Gasteiger partial charge in [0.05, 0.1) is 11.6 Å². The first kappa shape index (κ1) is 10.2. The number of aromatic nitrogens is 1. The molecule has 3 nitrogen and oxygen atoms in total. The maximum atomic E-state index is 12.2. The second-order valence-electron chi connectivity index (χ2n) is 3.43. The third kappa shape index (κ3) is 2.38. The fraction of sp³-hybridized carbons (Fsp3) is 0.444. The van der Waals surface area contributed by atoms with Crippen molar-refractivity contribution in [3.8, 4) is 0 Å². The van der Waals surface area contributed by atoms with Crippen LogP contribution < -0.4 is 10.6 Å². The number of anilines is 1. The molecular formula is C9H10F3N3. The van der Waals surface area contributed by atoms with Crippen LogP contribution >= 0.6 is 0 Å². The first-order valence-corrected chi connectivity index (χ1v) is 4.56. The van der Waals surface area contributed by atoms with Gasteiger partial charge in [-0.25, -0.2) is 4.98 Å². The molecule has 1 aliphatic rings. The lowest BCUT2D eigenvalue weighted by Crippen LogP contribution is -2.51. The first-order chi connectivity index (χ1) is 7.05. The first-order valence-electron chi connectivity index (χ1n) is 4.56. The average Bonchev–Trinajstić information content (AvgIpc) is 2.11. The topological polar surface area (TPSA) is 37.0 Å². The maximum Gasteiger partial charge on any atom is 0.417 e. The van der Waals surface area contributed by atoms with Crippen molar-refractivity contribution in [3.63, 3.8) is 0 Å². The van der Waals surface area contributed by atoms with Gasteiger partial charge in [-0.3, -0.25) is 0 Å². The highest BCUT2D eigenvalue weighted by Crippen LogP contribution is 2.28. The molecule has 0 saturated carbocycles. The largest absolute Gasteiger partial charge is 0.417 e. The molecule has 82 valence electrons. The number of rotatable bonds is 2. The minimum absolute atomic E-state index is 0.272. The Morgan fingerprint density at radius 3 is 2.47 bits per heavy atom. The summed E-state index contributed by atoms with van der Waals surface area (Å²) in [5.41, 5.74) is -0.722. The second kappa shape index (κ2) is 3.69. The molecule has 0 radical (unpaired) electrons. The predicted molar refractivity (Wildman–Crippen MR) is 49.5 cm³/mol. The van der Waals surface area contributed by atoms with E-state index in [0.29, 0.717) is 5.82 Å². The molecule has 0 aliphatic carbocycles. The van der Waals surface area contributed by atoms with Gasteiger partial charge >= 0.3 is 6.18 Å². The summed E-state index contributed by atoms with van der Waals surface area (Å²) in [6, 6.07) is 2.65. The zero-order valence-electron chi connectivity index (χ0n) is 7.80. The Balaban J connectivity index is 2.03. The van der Waals surface area contributed by atoms with Gasteiger partial charge in [-0.05, 0) is 12.1 Å². The lowest BCUT2D eigenvalue weighted by Gasteiger charge is -2.28. The van der Waals surface area contributed by atoms with Crippen LogP contribution in [0.3, 0.4) is 0 Å². The molecule has 2 heterocycles. The monoisotopic (exact) mass is 217 g/mol. The Morgan fingerprint density at radius 2 is 2.07 bits per heavy atom. The van der Waals surface area contributed by atoms with Crippen molar-refractivity contribution in [2.45, 2.75) is 12.2 Å². The van der Waals surface area contributed by atoms with Crippen molar-refractivity contribution in [2.24, 2.45) is 0 Å². The van der Waals surface area contributed by atoms with E-state index in [2.05, 4.69) is 15.6 Å². The van der Waals surface area contributed by atoms with Gasteiger partial charge in [-0.1, -0.05) is 0 Å². The molecule has 0 spiro atoms. The molecule has 0 aromatic carbocycles. The molecule has 1 fully saturated rings. The third-order valence-corrected chi connectivity index (χ3v) is 2.22. The Labute approximate surface area is 84.7 Å². The molecule has 0 bridgehead atoms. The van der Waals surface area contributed by atoms with E-state index in [9.17, 15) is 13.2 Å². The Morgan fingerprint density at radius 1 is 1.33 bits per heavy atom. The van der Waals surface area contributed by atoms with Crippen LogP contribution in [-0.2, 0) is 6.18 Å². The molecule has 1 aliphatic heterocycles. The SMILES string of the molecule is FC(F)(F)c1ccc(NC2CNC2)nc1. The molecule has 6 heteroatoms. The molecule has 1 aromatic rings. The van der Waals surface area contributed by atoms with E-state index in [0.717, 1.165) is 25.4 Å². The van der Waals surface area contributed by atoms with Gasteiger partial charge in [0.2, 0.25) is 0 Å². The van der Waals surface area contributed by atoms with Gasteiger partial charge in [0.1, 0.15) is 5.82 Å². The van der Waals surface area contributed by atoms with Crippen molar-refractivity contribution in [2.75, 3.05) is 18.4 Å². The van der Waals surface area contributed by atoms with Gasteiger partial charge in [0.15, 0.2) is 0 Å². The quantitative estimate of drug-likeness (QED) is 0.788. The number of pyridine rings is 1. The van der Waals surface area contributed by atoms with Crippen molar-refractivity contribution >= 4 is 5.82 Å². The van der Waals surface area contributed by atoms with E-state index in [1.807, 2.05) is 0 Å². The Kier molecular flexibility index (Phi) is 2.52. The number of nitrogens with one attached hydrogen (secondary N) is 2.